The Balaban J connectivity index is 1.47. The molecule has 0 radical (unpaired) electrons. The fourth-order valence-corrected chi connectivity index (χ4v) is 3.84. The number of pyridine rings is 1. The first-order valence-corrected chi connectivity index (χ1v) is 9.15. The van der Waals surface area contributed by atoms with Crippen molar-refractivity contribution in [3.63, 3.8) is 0 Å². The molecule has 0 aliphatic carbocycles. The Hall–Kier alpha value is -2.66. The smallest absolute Gasteiger partial charge is 0.255 e. The van der Waals surface area contributed by atoms with Crippen LogP contribution >= 0.6 is 15.9 Å². The van der Waals surface area contributed by atoms with E-state index in [-0.39, 0.29) is 5.91 Å². The molecule has 4 nitrogen and oxygen atoms in total. The zero-order valence-electron chi connectivity index (χ0n) is 14.3. The SMILES string of the molecule is Cc1cc(Br)cc2c1C(=O)N(Cc1ccc(Oc3ccccn3)cc1)C2. The molecule has 2 aromatic carbocycles. The lowest BCUT2D eigenvalue weighted by atomic mass is 10.0. The van der Waals surface area contributed by atoms with Crippen LogP contribution in [0.15, 0.2) is 65.3 Å². The van der Waals surface area contributed by atoms with Crippen molar-refractivity contribution in [3.05, 3.63) is 87.5 Å². The van der Waals surface area contributed by atoms with Gasteiger partial charge in [-0.3, -0.25) is 4.79 Å². The quantitative estimate of drug-likeness (QED) is 0.602. The molecular formula is C21H17BrN2O2. The number of amides is 1. The molecule has 4 rings (SSSR count). The Morgan fingerprint density at radius 2 is 1.96 bits per heavy atom. The van der Waals surface area contributed by atoms with E-state index in [4.69, 9.17) is 4.74 Å². The highest BCUT2D eigenvalue weighted by molar-refractivity contribution is 9.10. The minimum absolute atomic E-state index is 0.0961. The summed E-state index contributed by atoms with van der Waals surface area (Å²) in [6.07, 6.45) is 1.70. The van der Waals surface area contributed by atoms with Gasteiger partial charge in [0.1, 0.15) is 5.75 Å². The third-order valence-electron chi connectivity index (χ3n) is 4.40. The number of ether oxygens (including phenoxy) is 1. The Kier molecular flexibility index (Phi) is 4.47. The maximum absolute atomic E-state index is 12.7. The van der Waals surface area contributed by atoms with Crippen molar-refractivity contribution < 1.29 is 9.53 Å². The average Bonchev–Trinajstić information content (AvgIpc) is 2.93. The lowest BCUT2D eigenvalue weighted by Crippen LogP contribution is -2.23. The van der Waals surface area contributed by atoms with Crippen LogP contribution in [0.3, 0.4) is 0 Å². The third-order valence-corrected chi connectivity index (χ3v) is 4.86. The maximum Gasteiger partial charge on any atom is 0.255 e. The molecule has 3 aromatic rings. The van der Waals surface area contributed by atoms with E-state index in [0.717, 1.165) is 32.5 Å². The minimum Gasteiger partial charge on any atom is -0.439 e. The van der Waals surface area contributed by atoms with E-state index in [1.54, 1.807) is 6.20 Å². The van der Waals surface area contributed by atoms with Gasteiger partial charge in [0, 0.05) is 35.4 Å². The molecule has 0 unspecified atom stereocenters. The summed E-state index contributed by atoms with van der Waals surface area (Å²) in [7, 11) is 0. The molecule has 0 fully saturated rings. The molecule has 0 saturated heterocycles. The Bertz CT molecular complexity index is 956. The van der Waals surface area contributed by atoms with Crippen molar-refractivity contribution in [1.29, 1.82) is 0 Å². The van der Waals surface area contributed by atoms with E-state index >= 15 is 0 Å². The molecule has 5 heteroatoms. The molecule has 1 aromatic heterocycles. The summed E-state index contributed by atoms with van der Waals surface area (Å²) >= 11 is 3.51. The Morgan fingerprint density at radius 1 is 1.15 bits per heavy atom. The average molecular weight is 409 g/mol. The van der Waals surface area contributed by atoms with Crippen molar-refractivity contribution >= 4 is 21.8 Å². The van der Waals surface area contributed by atoms with E-state index in [1.807, 2.05) is 66.4 Å². The fourth-order valence-electron chi connectivity index (χ4n) is 3.22. The molecule has 0 bridgehead atoms. The molecule has 130 valence electrons. The number of carbonyl (C=O) groups excluding carboxylic acids is 1. The van der Waals surface area contributed by atoms with Crippen LogP contribution in [0.25, 0.3) is 0 Å². The fraction of sp³-hybridized carbons (Fsp3) is 0.143. The van der Waals surface area contributed by atoms with Crippen LogP contribution in [-0.4, -0.2) is 15.8 Å². The van der Waals surface area contributed by atoms with E-state index in [1.165, 1.54) is 0 Å². The lowest BCUT2D eigenvalue weighted by molar-refractivity contribution is 0.0766. The Labute approximate surface area is 160 Å². The van der Waals surface area contributed by atoms with Crippen LogP contribution in [0.1, 0.15) is 27.0 Å². The summed E-state index contributed by atoms with van der Waals surface area (Å²) < 4.78 is 6.72. The van der Waals surface area contributed by atoms with Crippen LogP contribution in [0.2, 0.25) is 0 Å². The first-order valence-electron chi connectivity index (χ1n) is 8.36. The molecule has 26 heavy (non-hydrogen) atoms. The molecule has 1 aliphatic heterocycles. The zero-order valence-corrected chi connectivity index (χ0v) is 15.9. The molecular weight excluding hydrogens is 392 g/mol. The number of fused-ring (bicyclic) bond motifs is 1. The predicted octanol–water partition coefficient (Wildman–Crippen LogP) is 5.10. The molecule has 0 spiro atoms. The first kappa shape index (κ1) is 16.8. The van der Waals surface area contributed by atoms with Crippen LogP contribution in [0.4, 0.5) is 0 Å². The highest BCUT2D eigenvalue weighted by atomic mass is 79.9. The van der Waals surface area contributed by atoms with Gasteiger partial charge >= 0.3 is 0 Å². The topological polar surface area (TPSA) is 42.4 Å². The number of rotatable bonds is 4. The summed E-state index contributed by atoms with van der Waals surface area (Å²) in [6, 6.07) is 17.3. The largest absolute Gasteiger partial charge is 0.439 e. The summed E-state index contributed by atoms with van der Waals surface area (Å²) in [4.78, 5) is 18.7. The van der Waals surface area contributed by atoms with E-state index in [9.17, 15) is 4.79 Å². The normalized spacial score (nSPS) is 13.0. The lowest BCUT2D eigenvalue weighted by Gasteiger charge is -2.16. The summed E-state index contributed by atoms with van der Waals surface area (Å²) in [6.45, 7) is 3.20. The molecule has 1 amide bonds. The monoisotopic (exact) mass is 408 g/mol. The predicted molar refractivity (Wildman–Crippen MR) is 103 cm³/mol. The number of benzene rings is 2. The summed E-state index contributed by atoms with van der Waals surface area (Å²) in [5, 5.41) is 0. The second kappa shape index (κ2) is 6.92. The van der Waals surface area contributed by atoms with Gasteiger partial charge in [-0.15, -0.1) is 0 Å². The second-order valence-electron chi connectivity index (χ2n) is 6.33. The van der Waals surface area contributed by atoms with E-state index < -0.39 is 0 Å². The number of nitrogens with zero attached hydrogens (tertiary/aromatic N) is 2. The molecule has 1 aliphatic rings. The summed E-state index contributed by atoms with van der Waals surface area (Å²) in [5.74, 6) is 1.38. The number of hydrogen-bond donors (Lipinski definition) is 0. The van der Waals surface area contributed by atoms with Crippen molar-refractivity contribution in [3.8, 4) is 11.6 Å². The van der Waals surface area contributed by atoms with Gasteiger partial charge in [-0.1, -0.05) is 34.1 Å². The van der Waals surface area contributed by atoms with Gasteiger partial charge < -0.3 is 9.64 Å². The molecule has 0 atom stereocenters. The van der Waals surface area contributed by atoms with Crippen molar-refractivity contribution in [2.75, 3.05) is 0 Å². The molecule has 2 heterocycles. The summed E-state index contributed by atoms with van der Waals surface area (Å²) in [5.41, 5.74) is 4.00. The highest BCUT2D eigenvalue weighted by Gasteiger charge is 2.29. The van der Waals surface area contributed by atoms with Gasteiger partial charge in [-0.2, -0.15) is 0 Å². The van der Waals surface area contributed by atoms with Gasteiger partial charge in [0.15, 0.2) is 0 Å². The Morgan fingerprint density at radius 3 is 2.69 bits per heavy atom. The van der Waals surface area contributed by atoms with E-state index in [2.05, 4.69) is 20.9 Å². The number of halogens is 1. The van der Waals surface area contributed by atoms with Crippen LogP contribution < -0.4 is 4.74 Å². The van der Waals surface area contributed by atoms with Crippen LogP contribution in [0.5, 0.6) is 11.6 Å². The maximum atomic E-state index is 12.7. The van der Waals surface area contributed by atoms with E-state index in [0.29, 0.717) is 19.0 Å². The molecule has 0 saturated carbocycles. The minimum atomic E-state index is 0.0961. The molecule has 0 N–H and O–H groups in total. The van der Waals surface area contributed by atoms with Crippen LogP contribution in [0, 0.1) is 6.92 Å². The number of carbonyl (C=O) groups is 1. The van der Waals surface area contributed by atoms with Gasteiger partial charge in [0.2, 0.25) is 5.88 Å². The van der Waals surface area contributed by atoms with Crippen molar-refractivity contribution in [2.45, 2.75) is 20.0 Å². The number of hydrogen-bond acceptors (Lipinski definition) is 3. The van der Waals surface area contributed by atoms with Gasteiger partial charge in [0.05, 0.1) is 0 Å². The first-order chi connectivity index (χ1) is 12.6. The number of aryl methyl sites for hydroxylation is 1. The highest BCUT2D eigenvalue weighted by Crippen LogP contribution is 2.30. The van der Waals surface area contributed by atoms with Crippen LogP contribution in [-0.2, 0) is 13.1 Å². The van der Waals surface area contributed by atoms with Crippen molar-refractivity contribution in [2.24, 2.45) is 0 Å². The zero-order chi connectivity index (χ0) is 18.1. The van der Waals surface area contributed by atoms with Gasteiger partial charge in [-0.05, 0) is 53.9 Å². The third kappa shape index (κ3) is 3.35. The van der Waals surface area contributed by atoms with Crippen molar-refractivity contribution in [1.82, 2.24) is 9.88 Å². The number of aromatic nitrogens is 1. The van der Waals surface area contributed by atoms with Gasteiger partial charge in [0.25, 0.3) is 5.91 Å². The standard InChI is InChI=1S/C21H17BrN2O2/c1-14-10-17(22)11-16-13-24(21(25)20(14)16)12-15-5-7-18(8-6-15)26-19-4-2-3-9-23-19/h2-11H,12-13H2,1H3. The van der Waals surface area contributed by atoms with Gasteiger partial charge in [-0.25, -0.2) is 4.98 Å². The second-order valence-corrected chi connectivity index (χ2v) is 7.25.